The molecule has 16 heavy (non-hydrogen) atoms. The zero-order valence-corrected chi connectivity index (χ0v) is 8.87. The zero-order chi connectivity index (χ0) is 11.5. The van der Waals surface area contributed by atoms with Crippen molar-refractivity contribution in [1.29, 1.82) is 0 Å². The SMILES string of the molecule is CCNC(=O)c1ccc2c(c1)OCC(=O)N2. The number of ether oxygens (including phenoxy) is 1. The van der Waals surface area contributed by atoms with Crippen molar-refractivity contribution in [3.05, 3.63) is 23.8 Å². The fourth-order valence-electron chi connectivity index (χ4n) is 1.48. The smallest absolute Gasteiger partial charge is 0.262 e. The molecule has 2 amide bonds. The van der Waals surface area contributed by atoms with Gasteiger partial charge in [0.05, 0.1) is 5.69 Å². The highest BCUT2D eigenvalue weighted by Gasteiger charge is 2.17. The summed E-state index contributed by atoms with van der Waals surface area (Å²) in [7, 11) is 0. The number of fused-ring (bicyclic) bond motifs is 1. The topological polar surface area (TPSA) is 67.4 Å². The van der Waals surface area contributed by atoms with Crippen LogP contribution in [0.4, 0.5) is 5.69 Å². The van der Waals surface area contributed by atoms with Gasteiger partial charge in [0.15, 0.2) is 6.61 Å². The van der Waals surface area contributed by atoms with Crippen molar-refractivity contribution in [2.45, 2.75) is 6.92 Å². The minimum Gasteiger partial charge on any atom is -0.482 e. The molecule has 1 heterocycles. The van der Waals surface area contributed by atoms with Crippen LogP contribution >= 0.6 is 0 Å². The Labute approximate surface area is 92.8 Å². The summed E-state index contributed by atoms with van der Waals surface area (Å²) in [6.45, 7) is 2.42. The predicted octanol–water partition coefficient (Wildman–Crippen LogP) is 0.767. The molecule has 0 aliphatic carbocycles. The molecule has 2 rings (SSSR count). The van der Waals surface area contributed by atoms with E-state index in [1.54, 1.807) is 18.2 Å². The van der Waals surface area contributed by atoms with E-state index in [9.17, 15) is 9.59 Å². The first kappa shape index (κ1) is 10.5. The van der Waals surface area contributed by atoms with Crippen molar-refractivity contribution >= 4 is 17.5 Å². The van der Waals surface area contributed by atoms with Gasteiger partial charge in [-0.05, 0) is 25.1 Å². The molecule has 0 atom stereocenters. The van der Waals surface area contributed by atoms with Gasteiger partial charge in [0.2, 0.25) is 0 Å². The maximum Gasteiger partial charge on any atom is 0.262 e. The van der Waals surface area contributed by atoms with Crippen LogP contribution in [0.1, 0.15) is 17.3 Å². The number of carbonyl (C=O) groups excluding carboxylic acids is 2. The molecule has 0 fully saturated rings. The lowest BCUT2D eigenvalue weighted by molar-refractivity contribution is -0.118. The number of amides is 2. The molecular formula is C11H12N2O3. The Morgan fingerprint density at radius 3 is 3.12 bits per heavy atom. The van der Waals surface area contributed by atoms with E-state index in [4.69, 9.17) is 4.74 Å². The lowest BCUT2D eigenvalue weighted by Gasteiger charge is -2.18. The summed E-state index contributed by atoms with van der Waals surface area (Å²) < 4.78 is 5.21. The Morgan fingerprint density at radius 2 is 2.38 bits per heavy atom. The van der Waals surface area contributed by atoms with Crippen LogP contribution in [-0.4, -0.2) is 25.0 Å². The Bertz CT molecular complexity index is 443. The molecule has 0 saturated heterocycles. The van der Waals surface area contributed by atoms with Gasteiger partial charge in [-0.1, -0.05) is 0 Å². The number of benzene rings is 1. The predicted molar refractivity (Wildman–Crippen MR) is 58.6 cm³/mol. The van der Waals surface area contributed by atoms with Crippen LogP contribution in [0.15, 0.2) is 18.2 Å². The van der Waals surface area contributed by atoms with Crippen LogP contribution in [0.2, 0.25) is 0 Å². The van der Waals surface area contributed by atoms with Gasteiger partial charge in [0, 0.05) is 12.1 Å². The van der Waals surface area contributed by atoms with Crippen molar-refractivity contribution in [3.63, 3.8) is 0 Å². The van der Waals surface area contributed by atoms with Gasteiger partial charge in [-0.3, -0.25) is 9.59 Å². The first-order chi connectivity index (χ1) is 7.70. The van der Waals surface area contributed by atoms with Crippen LogP contribution in [-0.2, 0) is 4.79 Å². The zero-order valence-electron chi connectivity index (χ0n) is 8.87. The third-order valence-electron chi connectivity index (χ3n) is 2.21. The minimum absolute atomic E-state index is 0.00809. The second kappa shape index (κ2) is 4.22. The lowest BCUT2D eigenvalue weighted by Crippen LogP contribution is -2.26. The molecule has 1 aliphatic rings. The quantitative estimate of drug-likeness (QED) is 0.773. The van der Waals surface area contributed by atoms with Gasteiger partial charge in [-0.2, -0.15) is 0 Å². The monoisotopic (exact) mass is 220 g/mol. The van der Waals surface area contributed by atoms with Gasteiger partial charge in [-0.25, -0.2) is 0 Å². The summed E-state index contributed by atoms with van der Waals surface area (Å²) in [6.07, 6.45) is 0. The molecule has 5 nitrogen and oxygen atoms in total. The first-order valence-electron chi connectivity index (χ1n) is 5.05. The Kier molecular flexibility index (Phi) is 2.76. The number of hydrogen-bond donors (Lipinski definition) is 2. The van der Waals surface area contributed by atoms with Crippen LogP contribution in [0.3, 0.4) is 0 Å². The Balaban J connectivity index is 2.26. The summed E-state index contributed by atoms with van der Waals surface area (Å²) >= 11 is 0. The fraction of sp³-hybridized carbons (Fsp3) is 0.273. The van der Waals surface area contributed by atoms with Crippen LogP contribution in [0.25, 0.3) is 0 Å². The van der Waals surface area contributed by atoms with E-state index in [0.717, 1.165) is 0 Å². The highest BCUT2D eigenvalue weighted by atomic mass is 16.5. The summed E-state index contributed by atoms with van der Waals surface area (Å²) in [4.78, 5) is 22.6. The average molecular weight is 220 g/mol. The van der Waals surface area contributed by atoms with Crippen molar-refractivity contribution in [3.8, 4) is 5.75 Å². The molecule has 0 unspecified atom stereocenters. The molecule has 0 spiro atoms. The maximum absolute atomic E-state index is 11.5. The molecule has 5 heteroatoms. The van der Waals surface area contributed by atoms with E-state index in [-0.39, 0.29) is 18.4 Å². The van der Waals surface area contributed by atoms with Crippen LogP contribution < -0.4 is 15.4 Å². The number of hydrogen-bond acceptors (Lipinski definition) is 3. The average Bonchev–Trinajstić information content (AvgIpc) is 2.28. The summed E-state index contributed by atoms with van der Waals surface area (Å²) in [5.74, 6) is 0.201. The normalized spacial score (nSPS) is 13.4. The fourth-order valence-corrected chi connectivity index (χ4v) is 1.48. The second-order valence-electron chi connectivity index (χ2n) is 3.41. The van der Waals surface area contributed by atoms with E-state index in [1.807, 2.05) is 6.92 Å². The second-order valence-corrected chi connectivity index (χ2v) is 3.41. The maximum atomic E-state index is 11.5. The molecule has 2 N–H and O–H groups in total. The molecule has 84 valence electrons. The Morgan fingerprint density at radius 1 is 1.56 bits per heavy atom. The van der Waals surface area contributed by atoms with E-state index in [2.05, 4.69) is 10.6 Å². The van der Waals surface area contributed by atoms with E-state index >= 15 is 0 Å². The molecule has 1 aromatic rings. The summed E-state index contributed by atoms with van der Waals surface area (Å²) in [5.41, 5.74) is 1.13. The van der Waals surface area contributed by atoms with Crippen molar-refractivity contribution in [2.24, 2.45) is 0 Å². The molecular weight excluding hydrogens is 208 g/mol. The van der Waals surface area contributed by atoms with Gasteiger partial charge < -0.3 is 15.4 Å². The molecule has 0 bridgehead atoms. The van der Waals surface area contributed by atoms with Gasteiger partial charge in [0.1, 0.15) is 5.75 Å². The summed E-state index contributed by atoms with van der Waals surface area (Å²) in [5, 5.41) is 5.36. The summed E-state index contributed by atoms with van der Waals surface area (Å²) in [6, 6.07) is 4.94. The number of rotatable bonds is 2. The highest BCUT2D eigenvalue weighted by Crippen LogP contribution is 2.28. The van der Waals surface area contributed by atoms with Crippen LogP contribution in [0, 0.1) is 0 Å². The molecule has 1 aromatic carbocycles. The highest BCUT2D eigenvalue weighted by molar-refractivity contribution is 5.98. The van der Waals surface area contributed by atoms with Gasteiger partial charge in [0.25, 0.3) is 11.8 Å². The van der Waals surface area contributed by atoms with Gasteiger partial charge in [-0.15, -0.1) is 0 Å². The molecule has 0 saturated carbocycles. The molecule has 1 aliphatic heterocycles. The van der Waals surface area contributed by atoms with Gasteiger partial charge >= 0.3 is 0 Å². The molecule has 0 radical (unpaired) electrons. The first-order valence-corrected chi connectivity index (χ1v) is 5.05. The number of nitrogens with one attached hydrogen (secondary N) is 2. The lowest BCUT2D eigenvalue weighted by atomic mass is 10.1. The Hall–Kier alpha value is -2.04. The third kappa shape index (κ3) is 1.98. The van der Waals surface area contributed by atoms with E-state index in [1.165, 1.54) is 0 Å². The van der Waals surface area contributed by atoms with Crippen molar-refractivity contribution in [2.75, 3.05) is 18.5 Å². The largest absolute Gasteiger partial charge is 0.482 e. The number of anilines is 1. The molecule has 0 aromatic heterocycles. The van der Waals surface area contributed by atoms with Crippen molar-refractivity contribution < 1.29 is 14.3 Å². The third-order valence-corrected chi connectivity index (χ3v) is 2.21. The van der Waals surface area contributed by atoms with E-state index in [0.29, 0.717) is 23.5 Å². The van der Waals surface area contributed by atoms with Crippen molar-refractivity contribution in [1.82, 2.24) is 5.32 Å². The standard InChI is InChI=1S/C11H12N2O3/c1-2-12-11(15)7-3-4-8-9(5-7)16-6-10(14)13-8/h3-5H,2,6H2,1H3,(H,12,15)(H,13,14). The van der Waals surface area contributed by atoms with E-state index < -0.39 is 0 Å². The minimum atomic E-state index is -0.182. The van der Waals surface area contributed by atoms with Crippen LogP contribution in [0.5, 0.6) is 5.75 Å². The number of carbonyl (C=O) groups is 2.